The van der Waals surface area contributed by atoms with Crippen LogP contribution in [0.4, 0.5) is 0 Å². The van der Waals surface area contributed by atoms with Crippen LogP contribution in [0.3, 0.4) is 0 Å². The standard InChI is InChI=1S/C12H10O5Se2/c13-7-1-3-11(9(15)5-7)18-17-19-12-4-2-8(14)6-10(12)16/h1-6,13-16H. The number of aromatic hydroxyl groups is 4. The van der Waals surface area contributed by atoms with Gasteiger partial charge in [-0.25, -0.2) is 0 Å². The Kier molecular flexibility index (Phi) is 4.58. The van der Waals surface area contributed by atoms with Gasteiger partial charge in [-0.3, -0.25) is 0 Å². The SMILES string of the molecule is Oc1ccc([Se]O[Se]c2ccc(O)cc2O)c(O)c1. The Morgan fingerprint density at radius 2 is 1.11 bits per heavy atom. The molecule has 2 aromatic rings. The summed E-state index contributed by atoms with van der Waals surface area (Å²) in [6, 6.07) is 8.65. The first-order valence-electron chi connectivity index (χ1n) is 5.11. The van der Waals surface area contributed by atoms with Crippen LogP contribution in [0, 0.1) is 0 Å². The third-order valence-electron chi connectivity index (χ3n) is 2.13. The summed E-state index contributed by atoms with van der Waals surface area (Å²) in [5.41, 5.74) is 0. The Hall–Kier alpha value is -1.36. The second-order valence-corrected chi connectivity index (χ2v) is 7.85. The molecule has 0 saturated carbocycles. The van der Waals surface area contributed by atoms with E-state index in [1.807, 2.05) is 0 Å². The van der Waals surface area contributed by atoms with Crippen LogP contribution in [0.15, 0.2) is 36.4 Å². The van der Waals surface area contributed by atoms with Gasteiger partial charge in [-0.05, 0) is 0 Å². The summed E-state index contributed by atoms with van der Waals surface area (Å²) >= 11 is -0.829. The van der Waals surface area contributed by atoms with Crippen molar-refractivity contribution in [1.82, 2.24) is 0 Å². The Bertz CT molecular complexity index is 537. The summed E-state index contributed by atoms with van der Waals surface area (Å²) in [4.78, 5) is 0. The molecule has 0 aromatic heterocycles. The maximum absolute atomic E-state index is 9.58. The fourth-order valence-corrected chi connectivity index (χ4v) is 4.72. The summed E-state index contributed by atoms with van der Waals surface area (Å²) < 4.78 is 6.72. The van der Waals surface area contributed by atoms with Gasteiger partial charge in [-0.1, -0.05) is 0 Å². The van der Waals surface area contributed by atoms with Gasteiger partial charge in [0.1, 0.15) is 0 Å². The van der Waals surface area contributed by atoms with E-state index in [0.717, 1.165) is 0 Å². The molecule has 2 rings (SSSR count). The Morgan fingerprint density at radius 3 is 1.47 bits per heavy atom. The summed E-state index contributed by atoms with van der Waals surface area (Å²) in [5.74, 6) is -0.0195. The van der Waals surface area contributed by atoms with Crippen molar-refractivity contribution in [3.63, 3.8) is 0 Å². The Morgan fingerprint density at radius 1 is 0.684 bits per heavy atom. The van der Waals surface area contributed by atoms with Gasteiger partial charge in [0.2, 0.25) is 0 Å². The van der Waals surface area contributed by atoms with E-state index in [2.05, 4.69) is 0 Å². The molecule has 0 unspecified atom stereocenters. The zero-order valence-corrected chi connectivity index (χ0v) is 12.9. The van der Waals surface area contributed by atoms with E-state index < -0.39 is 30.6 Å². The van der Waals surface area contributed by atoms with Crippen molar-refractivity contribution >= 4 is 39.5 Å². The molecule has 0 aliphatic heterocycles. The van der Waals surface area contributed by atoms with Crippen LogP contribution in [0.2, 0.25) is 0 Å². The van der Waals surface area contributed by atoms with Gasteiger partial charge < -0.3 is 0 Å². The van der Waals surface area contributed by atoms with Crippen LogP contribution >= 0.6 is 0 Å². The maximum atomic E-state index is 9.58. The van der Waals surface area contributed by atoms with Crippen molar-refractivity contribution in [1.29, 1.82) is 0 Å². The average Bonchev–Trinajstić information content (AvgIpc) is 2.34. The first-order chi connectivity index (χ1) is 9.06. The fraction of sp³-hybridized carbons (Fsp3) is 0. The zero-order chi connectivity index (χ0) is 13.8. The summed E-state index contributed by atoms with van der Waals surface area (Å²) in [5, 5.41) is 37.5. The van der Waals surface area contributed by atoms with Crippen LogP contribution in [0.25, 0.3) is 0 Å². The molecule has 0 saturated heterocycles. The van der Waals surface area contributed by atoms with Crippen LogP contribution in [0.5, 0.6) is 23.0 Å². The van der Waals surface area contributed by atoms with E-state index in [1.165, 1.54) is 24.3 Å². The van der Waals surface area contributed by atoms with E-state index in [-0.39, 0.29) is 23.0 Å². The fourth-order valence-electron chi connectivity index (χ4n) is 1.24. The van der Waals surface area contributed by atoms with Crippen LogP contribution in [-0.4, -0.2) is 51.0 Å². The topological polar surface area (TPSA) is 90.2 Å². The van der Waals surface area contributed by atoms with E-state index in [9.17, 15) is 10.2 Å². The van der Waals surface area contributed by atoms with Crippen molar-refractivity contribution in [2.75, 3.05) is 0 Å². The van der Waals surface area contributed by atoms with E-state index in [0.29, 0.717) is 8.92 Å². The van der Waals surface area contributed by atoms with Crippen molar-refractivity contribution in [3.8, 4) is 23.0 Å². The zero-order valence-electron chi connectivity index (χ0n) is 9.48. The molecule has 0 aliphatic rings. The predicted molar refractivity (Wildman–Crippen MR) is 71.4 cm³/mol. The second-order valence-electron chi connectivity index (χ2n) is 3.54. The van der Waals surface area contributed by atoms with Crippen LogP contribution in [-0.2, 0) is 2.90 Å². The molecule has 2 aromatic carbocycles. The van der Waals surface area contributed by atoms with Gasteiger partial charge in [-0.15, -0.1) is 0 Å². The number of phenols is 4. The van der Waals surface area contributed by atoms with E-state index in [1.54, 1.807) is 12.1 Å². The number of phenolic OH excluding ortho intramolecular Hbond substituents is 4. The van der Waals surface area contributed by atoms with Crippen molar-refractivity contribution in [3.05, 3.63) is 36.4 Å². The summed E-state index contributed by atoms with van der Waals surface area (Å²) in [7, 11) is 0. The minimum atomic E-state index is -0.415. The second kappa shape index (κ2) is 6.19. The van der Waals surface area contributed by atoms with E-state index in [4.69, 9.17) is 13.1 Å². The molecule has 5 nitrogen and oxygen atoms in total. The molecule has 0 aliphatic carbocycles. The van der Waals surface area contributed by atoms with Crippen molar-refractivity contribution < 1.29 is 23.3 Å². The summed E-state index contributed by atoms with van der Waals surface area (Å²) in [6.07, 6.45) is 0. The third kappa shape index (κ3) is 3.80. The van der Waals surface area contributed by atoms with Gasteiger partial charge in [-0.2, -0.15) is 0 Å². The Labute approximate surface area is 122 Å². The molecule has 100 valence electrons. The molecule has 0 spiro atoms. The molecular formula is C12H10O5Se2. The minimum absolute atomic E-state index is 0.00117. The first kappa shape index (κ1) is 14.1. The Balaban J connectivity index is 1.96. The van der Waals surface area contributed by atoms with Crippen LogP contribution in [0.1, 0.15) is 0 Å². The molecule has 4 N–H and O–H groups in total. The van der Waals surface area contributed by atoms with Gasteiger partial charge in [0.15, 0.2) is 0 Å². The molecule has 0 bridgehead atoms. The van der Waals surface area contributed by atoms with Crippen molar-refractivity contribution in [2.45, 2.75) is 0 Å². The predicted octanol–water partition coefficient (Wildman–Crippen LogP) is -0.285. The van der Waals surface area contributed by atoms with E-state index >= 15 is 0 Å². The monoisotopic (exact) mass is 394 g/mol. The normalized spacial score (nSPS) is 10.5. The first-order valence-corrected chi connectivity index (χ1v) is 8.22. The third-order valence-corrected chi connectivity index (χ3v) is 6.10. The summed E-state index contributed by atoms with van der Waals surface area (Å²) in [6.45, 7) is 0. The van der Waals surface area contributed by atoms with Gasteiger partial charge in [0.05, 0.1) is 0 Å². The molecule has 0 radical (unpaired) electrons. The molecular weight excluding hydrogens is 382 g/mol. The van der Waals surface area contributed by atoms with Crippen LogP contribution < -0.4 is 8.92 Å². The van der Waals surface area contributed by atoms with Gasteiger partial charge >= 0.3 is 122 Å². The average molecular weight is 392 g/mol. The van der Waals surface area contributed by atoms with Crippen molar-refractivity contribution in [2.24, 2.45) is 0 Å². The molecule has 0 atom stereocenters. The molecule has 7 heteroatoms. The van der Waals surface area contributed by atoms with Gasteiger partial charge in [0, 0.05) is 0 Å². The molecule has 0 amide bonds. The number of hydrogen-bond donors (Lipinski definition) is 4. The molecule has 19 heavy (non-hydrogen) atoms. The molecule has 0 heterocycles. The number of rotatable bonds is 4. The van der Waals surface area contributed by atoms with Gasteiger partial charge in [0.25, 0.3) is 0 Å². The quantitative estimate of drug-likeness (QED) is 0.538. The number of benzene rings is 2. The molecule has 0 fully saturated rings. The number of hydrogen-bond acceptors (Lipinski definition) is 5.